The van der Waals surface area contributed by atoms with E-state index in [0.29, 0.717) is 13.0 Å². The molecule has 1 heterocycles. The summed E-state index contributed by atoms with van der Waals surface area (Å²) in [7, 11) is 2.00. The number of nitrogens with one attached hydrogen (secondary N) is 1. The average Bonchev–Trinajstić information content (AvgIpc) is 2.86. The number of hydrogen-bond donors (Lipinski definition) is 2. The van der Waals surface area contributed by atoms with Crippen LogP contribution in [0.5, 0.6) is 0 Å². The van der Waals surface area contributed by atoms with E-state index in [9.17, 15) is 9.90 Å². The van der Waals surface area contributed by atoms with E-state index in [1.807, 2.05) is 32.4 Å². The number of carbonyl (C=O) groups is 1. The van der Waals surface area contributed by atoms with Crippen molar-refractivity contribution in [3.63, 3.8) is 0 Å². The molecule has 1 unspecified atom stereocenters. The van der Waals surface area contributed by atoms with Gasteiger partial charge in [-0.05, 0) is 18.1 Å². The van der Waals surface area contributed by atoms with E-state index in [-0.39, 0.29) is 48.5 Å². The number of aliphatic hydroxyl groups excluding tert-OH is 1. The lowest BCUT2D eigenvalue weighted by Gasteiger charge is -2.21. The molecule has 0 saturated carbocycles. The maximum Gasteiger partial charge on any atom is 0.244 e. The highest BCUT2D eigenvalue weighted by Gasteiger charge is 2.18. The molecule has 0 radical (unpaired) electrons. The summed E-state index contributed by atoms with van der Waals surface area (Å²) in [5.41, 5.74) is 2.27. The molecule has 0 aliphatic rings. The molecule has 0 aliphatic carbocycles. The van der Waals surface area contributed by atoms with E-state index in [4.69, 9.17) is 0 Å². The Labute approximate surface area is 154 Å². The molecule has 1 aromatic heterocycles. The topological polar surface area (TPSA) is 58.1 Å². The molecule has 0 saturated heterocycles. The van der Waals surface area contributed by atoms with E-state index in [0.717, 1.165) is 17.5 Å². The predicted octanol–water partition coefficient (Wildman–Crippen LogP) is -1.62. The summed E-state index contributed by atoms with van der Waals surface area (Å²) in [5, 5.41) is 12.3. The highest BCUT2D eigenvalue weighted by atomic mass is 127. The number of hydrogen-bond acceptors (Lipinski definition) is 2. The van der Waals surface area contributed by atoms with E-state index in [2.05, 4.69) is 33.5 Å². The molecule has 2 atom stereocenters. The van der Waals surface area contributed by atoms with Gasteiger partial charge in [0.2, 0.25) is 12.2 Å². The lowest BCUT2D eigenvalue weighted by Crippen LogP contribution is -3.00. The number of nitrogens with zero attached hydrogens (tertiary/aromatic N) is 2. The van der Waals surface area contributed by atoms with Gasteiger partial charge in [-0.25, -0.2) is 9.13 Å². The number of imidazole rings is 1. The quantitative estimate of drug-likeness (QED) is 0.409. The number of aromatic nitrogens is 2. The Bertz CT molecular complexity index is 642. The fraction of sp³-hybridized carbons (Fsp3) is 0.529. The zero-order valence-electron chi connectivity index (χ0n) is 14.0. The molecule has 1 aromatic carbocycles. The SMILES string of the molecule is CCC(C)[C@@H](CO)NC(=O)CCn1c[n+](C)c2ccccc21.[I-]. The monoisotopic (exact) mass is 431 g/mol. The normalized spacial score (nSPS) is 13.4. The van der Waals surface area contributed by atoms with Crippen LogP contribution in [0.15, 0.2) is 30.6 Å². The van der Waals surface area contributed by atoms with E-state index < -0.39 is 0 Å². The standard InChI is InChI=1S/C17H25N3O2.HI/c1-4-13(2)14(11-21)18-17(22)9-10-20-12-19(3)15-7-5-6-8-16(15)20;/h5-8,12-14,21H,4,9-11H2,1-3H3;1H/t13?,14-;/m1./s1. The van der Waals surface area contributed by atoms with Crippen molar-refractivity contribution < 1.29 is 38.4 Å². The Hall–Kier alpha value is -1.15. The first-order valence-electron chi connectivity index (χ1n) is 7.90. The van der Waals surface area contributed by atoms with Gasteiger partial charge in [0.1, 0.15) is 0 Å². The number of fused-ring (bicyclic) bond motifs is 1. The lowest BCUT2D eigenvalue weighted by atomic mass is 10.00. The summed E-state index contributed by atoms with van der Waals surface area (Å²) in [6.07, 6.45) is 3.35. The third-order valence-electron chi connectivity index (χ3n) is 4.34. The molecular weight excluding hydrogens is 405 g/mol. The number of rotatable bonds is 7. The van der Waals surface area contributed by atoms with Gasteiger partial charge in [-0.2, -0.15) is 0 Å². The van der Waals surface area contributed by atoms with E-state index >= 15 is 0 Å². The van der Waals surface area contributed by atoms with Crippen molar-refractivity contribution in [1.29, 1.82) is 0 Å². The molecule has 2 aromatic rings. The molecular formula is C17H26IN3O2. The molecule has 6 heteroatoms. The van der Waals surface area contributed by atoms with Crippen LogP contribution in [0.3, 0.4) is 0 Å². The van der Waals surface area contributed by atoms with Crippen LogP contribution in [-0.2, 0) is 18.4 Å². The maximum absolute atomic E-state index is 12.1. The zero-order valence-corrected chi connectivity index (χ0v) is 16.2. The predicted molar refractivity (Wildman–Crippen MR) is 86.2 cm³/mol. The summed E-state index contributed by atoms with van der Waals surface area (Å²) in [5.74, 6) is 0.263. The second-order valence-electron chi connectivity index (χ2n) is 5.90. The lowest BCUT2D eigenvalue weighted by molar-refractivity contribution is -0.645. The smallest absolute Gasteiger partial charge is 0.244 e. The number of para-hydroxylation sites is 2. The molecule has 23 heavy (non-hydrogen) atoms. The van der Waals surface area contributed by atoms with Gasteiger partial charge in [0.25, 0.3) is 0 Å². The Morgan fingerprint density at radius 1 is 1.39 bits per heavy atom. The number of amides is 1. The van der Waals surface area contributed by atoms with Crippen LogP contribution >= 0.6 is 0 Å². The van der Waals surface area contributed by atoms with Crippen molar-refractivity contribution in [2.24, 2.45) is 13.0 Å². The van der Waals surface area contributed by atoms with E-state index in [1.54, 1.807) is 0 Å². The van der Waals surface area contributed by atoms with Crippen molar-refractivity contribution in [2.45, 2.75) is 39.3 Å². The highest BCUT2D eigenvalue weighted by Crippen LogP contribution is 2.11. The van der Waals surface area contributed by atoms with Crippen LogP contribution in [0, 0.1) is 5.92 Å². The molecule has 0 spiro atoms. The van der Waals surface area contributed by atoms with Gasteiger partial charge in [-0.3, -0.25) is 4.79 Å². The van der Waals surface area contributed by atoms with Gasteiger partial charge < -0.3 is 34.4 Å². The fourth-order valence-electron chi connectivity index (χ4n) is 2.67. The van der Waals surface area contributed by atoms with Crippen molar-refractivity contribution >= 4 is 16.9 Å². The maximum atomic E-state index is 12.1. The average molecular weight is 431 g/mol. The number of aliphatic hydroxyl groups is 1. The Balaban J connectivity index is 0.00000264. The minimum Gasteiger partial charge on any atom is -1.00 e. The van der Waals surface area contributed by atoms with Gasteiger partial charge in [-0.15, -0.1) is 0 Å². The number of aryl methyl sites for hydroxylation is 2. The molecule has 128 valence electrons. The van der Waals surface area contributed by atoms with Crippen LogP contribution in [0.4, 0.5) is 0 Å². The summed E-state index contributed by atoms with van der Waals surface area (Å²) in [4.78, 5) is 12.1. The molecule has 0 fully saturated rings. The summed E-state index contributed by atoms with van der Waals surface area (Å²) < 4.78 is 4.15. The van der Waals surface area contributed by atoms with Crippen molar-refractivity contribution in [3.05, 3.63) is 30.6 Å². The second kappa shape index (κ2) is 9.22. The molecule has 1 amide bonds. The van der Waals surface area contributed by atoms with Gasteiger partial charge >= 0.3 is 0 Å². The van der Waals surface area contributed by atoms with Crippen LogP contribution < -0.4 is 33.9 Å². The van der Waals surface area contributed by atoms with Gasteiger partial charge in [-0.1, -0.05) is 32.4 Å². The molecule has 0 aliphatic heterocycles. The zero-order chi connectivity index (χ0) is 16.1. The third-order valence-corrected chi connectivity index (χ3v) is 4.34. The number of halogens is 1. The van der Waals surface area contributed by atoms with Crippen molar-refractivity contribution in [1.82, 2.24) is 9.88 Å². The molecule has 2 rings (SSSR count). The largest absolute Gasteiger partial charge is 1.00 e. The summed E-state index contributed by atoms with van der Waals surface area (Å²) in [6, 6.07) is 7.98. The Morgan fingerprint density at radius 3 is 2.74 bits per heavy atom. The number of carbonyl (C=O) groups excluding carboxylic acids is 1. The van der Waals surface area contributed by atoms with Gasteiger partial charge in [0.15, 0.2) is 11.0 Å². The highest BCUT2D eigenvalue weighted by molar-refractivity contribution is 5.77. The summed E-state index contributed by atoms with van der Waals surface area (Å²) in [6.45, 7) is 4.72. The molecule has 0 bridgehead atoms. The van der Waals surface area contributed by atoms with Crippen LogP contribution in [0.2, 0.25) is 0 Å². The first-order valence-corrected chi connectivity index (χ1v) is 7.90. The van der Waals surface area contributed by atoms with Gasteiger partial charge in [0, 0.05) is 0 Å². The van der Waals surface area contributed by atoms with Crippen molar-refractivity contribution in [3.8, 4) is 0 Å². The first-order chi connectivity index (χ1) is 10.6. The third kappa shape index (κ3) is 4.91. The van der Waals surface area contributed by atoms with Crippen LogP contribution in [0.1, 0.15) is 26.7 Å². The van der Waals surface area contributed by atoms with Crippen LogP contribution in [-0.4, -0.2) is 28.2 Å². The van der Waals surface area contributed by atoms with E-state index in [1.165, 1.54) is 0 Å². The van der Waals surface area contributed by atoms with Gasteiger partial charge in [0.05, 0.1) is 32.7 Å². The Morgan fingerprint density at radius 2 is 2.09 bits per heavy atom. The first kappa shape index (κ1) is 19.9. The van der Waals surface area contributed by atoms with Crippen molar-refractivity contribution in [2.75, 3.05) is 6.61 Å². The second-order valence-corrected chi connectivity index (χ2v) is 5.90. The minimum atomic E-state index is -0.157. The number of benzene rings is 1. The fourth-order valence-corrected chi connectivity index (χ4v) is 2.67. The van der Waals surface area contributed by atoms with Crippen LogP contribution in [0.25, 0.3) is 11.0 Å². The molecule has 2 N–H and O–H groups in total. The Kier molecular flexibility index (Phi) is 7.98. The summed E-state index contributed by atoms with van der Waals surface area (Å²) >= 11 is 0. The molecule has 5 nitrogen and oxygen atoms in total. The minimum absolute atomic E-state index is 0.